The number of benzene rings is 1. The maximum atomic E-state index is 11.2. The van der Waals surface area contributed by atoms with Crippen molar-refractivity contribution in [2.75, 3.05) is 12.4 Å². The van der Waals surface area contributed by atoms with Crippen molar-refractivity contribution < 1.29 is 9.53 Å². The van der Waals surface area contributed by atoms with Crippen LogP contribution >= 0.6 is 0 Å². The lowest BCUT2D eigenvalue weighted by Crippen LogP contribution is -2.07. The molecule has 104 valence electrons. The van der Waals surface area contributed by atoms with E-state index in [2.05, 4.69) is 15.3 Å². The third kappa shape index (κ3) is 3.10. The van der Waals surface area contributed by atoms with E-state index in [1.807, 2.05) is 12.1 Å². The Morgan fingerprint density at radius 1 is 1.40 bits per heavy atom. The molecule has 3 N–H and O–H groups in total. The lowest BCUT2D eigenvalue weighted by molar-refractivity contribution is -0.114. The van der Waals surface area contributed by atoms with E-state index in [1.54, 1.807) is 25.4 Å². The molecular weight excluding hydrogens is 256 g/mol. The Hall–Kier alpha value is -2.47. The number of nitrogens with zero attached hydrogens (tertiary/aromatic N) is 2. The average molecular weight is 272 g/mol. The van der Waals surface area contributed by atoms with E-state index in [0.29, 0.717) is 17.3 Å². The van der Waals surface area contributed by atoms with Gasteiger partial charge in [0.2, 0.25) is 5.91 Å². The van der Waals surface area contributed by atoms with E-state index in [-0.39, 0.29) is 12.5 Å². The predicted octanol–water partition coefficient (Wildman–Crippen LogP) is 1.57. The highest BCUT2D eigenvalue weighted by Gasteiger charge is 2.08. The number of nitrogens with one attached hydrogen (secondary N) is 1. The third-order valence-corrected chi connectivity index (χ3v) is 2.69. The summed E-state index contributed by atoms with van der Waals surface area (Å²) in [6, 6.07) is 7.25. The average Bonchev–Trinajstić information content (AvgIpc) is 2.46. The van der Waals surface area contributed by atoms with Gasteiger partial charge in [0, 0.05) is 18.7 Å². The van der Waals surface area contributed by atoms with Crippen LogP contribution in [0, 0.1) is 0 Å². The van der Waals surface area contributed by atoms with Crippen molar-refractivity contribution in [3.63, 3.8) is 0 Å². The van der Waals surface area contributed by atoms with Gasteiger partial charge in [-0.05, 0) is 24.3 Å². The molecule has 0 aliphatic rings. The van der Waals surface area contributed by atoms with Crippen molar-refractivity contribution >= 4 is 11.6 Å². The molecule has 0 atom stereocenters. The van der Waals surface area contributed by atoms with E-state index in [1.165, 1.54) is 6.92 Å². The minimum Gasteiger partial charge on any atom is -0.495 e. The quantitative estimate of drug-likeness (QED) is 0.881. The highest BCUT2D eigenvalue weighted by molar-refractivity contribution is 5.91. The number of hydrogen-bond acceptors (Lipinski definition) is 5. The molecule has 1 heterocycles. The topological polar surface area (TPSA) is 90.1 Å². The summed E-state index contributed by atoms with van der Waals surface area (Å²) in [5, 5.41) is 2.73. The maximum Gasteiger partial charge on any atom is 0.221 e. The molecule has 0 radical (unpaired) electrons. The Kier molecular flexibility index (Phi) is 4.27. The van der Waals surface area contributed by atoms with Gasteiger partial charge < -0.3 is 15.8 Å². The SMILES string of the molecule is COc1ccc(-c2ccnc(CN)n2)cc1NC(C)=O. The number of nitrogens with two attached hydrogens (primary N) is 1. The summed E-state index contributed by atoms with van der Waals surface area (Å²) in [4.78, 5) is 19.6. The molecule has 0 spiro atoms. The number of carbonyl (C=O) groups is 1. The van der Waals surface area contributed by atoms with Gasteiger partial charge in [0.1, 0.15) is 11.6 Å². The van der Waals surface area contributed by atoms with Crippen molar-refractivity contribution in [3.05, 3.63) is 36.3 Å². The van der Waals surface area contributed by atoms with Gasteiger partial charge in [0.05, 0.1) is 25.0 Å². The molecule has 0 fully saturated rings. The van der Waals surface area contributed by atoms with Crippen molar-refractivity contribution in [2.24, 2.45) is 5.73 Å². The van der Waals surface area contributed by atoms with Crippen molar-refractivity contribution in [1.29, 1.82) is 0 Å². The van der Waals surface area contributed by atoms with Crippen LogP contribution in [-0.2, 0) is 11.3 Å². The molecule has 0 aliphatic heterocycles. The zero-order chi connectivity index (χ0) is 14.5. The molecular formula is C14H16N4O2. The zero-order valence-electron chi connectivity index (χ0n) is 11.4. The molecule has 0 aliphatic carbocycles. The lowest BCUT2D eigenvalue weighted by atomic mass is 10.1. The van der Waals surface area contributed by atoms with Crippen LogP contribution in [0.1, 0.15) is 12.7 Å². The number of amides is 1. The Balaban J connectivity index is 2.43. The van der Waals surface area contributed by atoms with Crippen LogP contribution in [0.5, 0.6) is 5.75 Å². The van der Waals surface area contributed by atoms with Gasteiger partial charge in [0.15, 0.2) is 0 Å². The monoisotopic (exact) mass is 272 g/mol. The number of hydrogen-bond donors (Lipinski definition) is 2. The van der Waals surface area contributed by atoms with Gasteiger partial charge in [-0.2, -0.15) is 0 Å². The molecule has 6 heteroatoms. The first-order valence-electron chi connectivity index (χ1n) is 6.12. The molecule has 0 bridgehead atoms. The van der Waals surface area contributed by atoms with E-state index in [4.69, 9.17) is 10.5 Å². The van der Waals surface area contributed by atoms with Crippen LogP contribution in [-0.4, -0.2) is 23.0 Å². The third-order valence-electron chi connectivity index (χ3n) is 2.69. The van der Waals surface area contributed by atoms with Crippen molar-refractivity contribution in [2.45, 2.75) is 13.5 Å². The summed E-state index contributed by atoms with van der Waals surface area (Å²) in [6.45, 7) is 1.73. The van der Waals surface area contributed by atoms with Crippen LogP contribution in [0.15, 0.2) is 30.5 Å². The normalized spacial score (nSPS) is 10.2. The Bertz CT molecular complexity index is 628. The van der Waals surface area contributed by atoms with Crippen LogP contribution < -0.4 is 15.8 Å². The van der Waals surface area contributed by atoms with Crippen molar-refractivity contribution in [1.82, 2.24) is 9.97 Å². The molecule has 1 aromatic carbocycles. The van der Waals surface area contributed by atoms with Gasteiger partial charge in [0.25, 0.3) is 0 Å². The summed E-state index contributed by atoms with van der Waals surface area (Å²) >= 11 is 0. The molecule has 6 nitrogen and oxygen atoms in total. The van der Waals surface area contributed by atoms with Crippen LogP contribution in [0.3, 0.4) is 0 Å². The summed E-state index contributed by atoms with van der Waals surface area (Å²) in [7, 11) is 1.55. The molecule has 1 aromatic heterocycles. The standard InChI is InChI=1S/C14H16N4O2/c1-9(19)17-12-7-10(3-4-13(12)20-2)11-5-6-16-14(8-15)18-11/h3-7H,8,15H2,1-2H3,(H,17,19). The minimum absolute atomic E-state index is 0.161. The lowest BCUT2D eigenvalue weighted by Gasteiger charge is -2.11. The second-order valence-corrected chi connectivity index (χ2v) is 4.16. The minimum atomic E-state index is -0.161. The molecule has 1 amide bonds. The number of methoxy groups -OCH3 is 1. The second-order valence-electron chi connectivity index (χ2n) is 4.16. The van der Waals surface area contributed by atoms with Gasteiger partial charge in [-0.15, -0.1) is 0 Å². The highest BCUT2D eigenvalue weighted by Crippen LogP contribution is 2.29. The Labute approximate surface area is 117 Å². The van der Waals surface area contributed by atoms with Crippen LogP contribution in [0.4, 0.5) is 5.69 Å². The molecule has 20 heavy (non-hydrogen) atoms. The number of ether oxygens (including phenoxy) is 1. The van der Waals surface area contributed by atoms with Crippen LogP contribution in [0.25, 0.3) is 11.3 Å². The first kappa shape index (κ1) is 14.0. The largest absolute Gasteiger partial charge is 0.495 e. The molecule has 2 rings (SSSR count). The van der Waals surface area contributed by atoms with E-state index in [9.17, 15) is 4.79 Å². The van der Waals surface area contributed by atoms with Gasteiger partial charge in [-0.1, -0.05) is 0 Å². The van der Waals surface area contributed by atoms with Crippen LogP contribution in [0.2, 0.25) is 0 Å². The summed E-state index contributed by atoms with van der Waals surface area (Å²) in [5.41, 5.74) is 7.74. The fourth-order valence-electron chi connectivity index (χ4n) is 1.81. The van der Waals surface area contributed by atoms with E-state index < -0.39 is 0 Å². The van der Waals surface area contributed by atoms with E-state index in [0.717, 1.165) is 11.3 Å². The molecule has 0 saturated carbocycles. The fourth-order valence-corrected chi connectivity index (χ4v) is 1.81. The summed E-state index contributed by atoms with van der Waals surface area (Å²) in [6.07, 6.45) is 1.66. The molecule has 0 unspecified atom stereocenters. The fraction of sp³-hybridized carbons (Fsp3) is 0.214. The van der Waals surface area contributed by atoms with Crippen molar-refractivity contribution in [3.8, 4) is 17.0 Å². The number of anilines is 1. The number of rotatable bonds is 4. The second kappa shape index (κ2) is 6.12. The summed E-state index contributed by atoms with van der Waals surface area (Å²) in [5.74, 6) is 1.00. The first-order chi connectivity index (χ1) is 9.63. The van der Waals surface area contributed by atoms with Gasteiger partial charge in [-0.25, -0.2) is 9.97 Å². The Morgan fingerprint density at radius 2 is 2.20 bits per heavy atom. The summed E-state index contributed by atoms with van der Waals surface area (Å²) < 4.78 is 5.21. The zero-order valence-corrected chi connectivity index (χ0v) is 11.4. The highest BCUT2D eigenvalue weighted by atomic mass is 16.5. The maximum absolute atomic E-state index is 11.2. The molecule has 2 aromatic rings. The Morgan fingerprint density at radius 3 is 2.85 bits per heavy atom. The number of aromatic nitrogens is 2. The predicted molar refractivity (Wildman–Crippen MR) is 76.2 cm³/mol. The molecule has 0 saturated heterocycles. The number of carbonyl (C=O) groups excluding carboxylic acids is 1. The smallest absolute Gasteiger partial charge is 0.221 e. The van der Waals surface area contributed by atoms with E-state index >= 15 is 0 Å². The van der Waals surface area contributed by atoms with Gasteiger partial charge >= 0.3 is 0 Å². The van der Waals surface area contributed by atoms with Gasteiger partial charge in [-0.3, -0.25) is 4.79 Å². The first-order valence-corrected chi connectivity index (χ1v) is 6.12.